The summed E-state index contributed by atoms with van der Waals surface area (Å²) in [4.78, 5) is 13.7. The van der Waals surface area contributed by atoms with Crippen LogP contribution in [0.2, 0.25) is 0 Å². The Morgan fingerprint density at radius 3 is 2.86 bits per heavy atom. The van der Waals surface area contributed by atoms with Gasteiger partial charge in [-0.15, -0.1) is 0 Å². The molecular formula is C16H17BrN2O2. The molecule has 1 aromatic carbocycles. The number of carbonyl (C=O) groups is 1. The summed E-state index contributed by atoms with van der Waals surface area (Å²) in [5.41, 5.74) is 1.31. The molecule has 2 fully saturated rings. The van der Waals surface area contributed by atoms with Gasteiger partial charge in [-0.05, 0) is 43.4 Å². The molecule has 0 bridgehead atoms. The molecule has 1 saturated heterocycles. The van der Waals surface area contributed by atoms with Crippen LogP contribution in [0.4, 0.5) is 5.69 Å². The third-order valence-corrected chi connectivity index (χ3v) is 5.22. The molecule has 0 spiro atoms. The fraction of sp³-hybridized carbons (Fsp3) is 0.500. The van der Waals surface area contributed by atoms with E-state index in [9.17, 15) is 15.2 Å². The van der Waals surface area contributed by atoms with Crippen molar-refractivity contribution >= 4 is 27.6 Å². The first-order chi connectivity index (χ1) is 10.1. The van der Waals surface area contributed by atoms with Crippen LogP contribution in [0.1, 0.15) is 37.7 Å². The summed E-state index contributed by atoms with van der Waals surface area (Å²) < 4.78 is 0.842. The van der Waals surface area contributed by atoms with Crippen LogP contribution in [-0.2, 0) is 4.79 Å². The molecule has 110 valence electrons. The number of carboxylic acid groups (broad SMARTS) is 1. The van der Waals surface area contributed by atoms with Gasteiger partial charge in [0.05, 0.1) is 11.3 Å². The molecule has 2 aliphatic rings. The van der Waals surface area contributed by atoms with Gasteiger partial charge in [-0.25, -0.2) is 4.79 Å². The van der Waals surface area contributed by atoms with Gasteiger partial charge in [0, 0.05) is 10.5 Å². The van der Waals surface area contributed by atoms with Crippen molar-refractivity contribution in [2.75, 3.05) is 4.90 Å². The highest BCUT2D eigenvalue weighted by Crippen LogP contribution is 2.43. The molecule has 1 aromatic rings. The summed E-state index contributed by atoms with van der Waals surface area (Å²) in [6.07, 6.45) is 5.15. The zero-order valence-corrected chi connectivity index (χ0v) is 13.2. The summed E-state index contributed by atoms with van der Waals surface area (Å²) in [7, 11) is 0. The van der Waals surface area contributed by atoms with E-state index in [4.69, 9.17) is 0 Å². The van der Waals surface area contributed by atoms with E-state index >= 15 is 0 Å². The average molecular weight is 349 g/mol. The van der Waals surface area contributed by atoms with Crippen molar-refractivity contribution in [1.82, 2.24) is 0 Å². The molecule has 3 rings (SSSR count). The van der Waals surface area contributed by atoms with E-state index in [0.29, 0.717) is 17.9 Å². The van der Waals surface area contributed by atoms with Crippen molar-refractivity contribution < 1.29 is 9.90 Å². The van der Waals surface area contributed by atoms with Gasteiger partial charge in [0.1, 0.15) is 12.1 Å². The predicted octanol–water partition coefficient (Wildman–Crippen LogP) is 3.54. The lowest BCUT2D eigenvalue weighted by atomic mass is 9.84. The Kier molecular flexibility index (Phi) is 3.90. The fourth-order valence-electron chi connectivity index (χ4n) is 3.85. The molecule has 1 aliphatic heterocycles. The van der Waals surface area contributed by atoms with Crippen LogP contribution in [-0.4, -0.2) is 23.2 Å². The molecule has 0 amide bonds. The van der Waals surface area contributed by atoms with Gasteiger partial charge in [0.25, 0.3) is 0 Å². The number of nitrogens with zero attached hydrogens (tertiary/aromatic N) is 2. The first-order valence-corrected chi connectivity index (χ1v) is 8.12. The molecule has 21 heavy (non-hydrogen) atoms. The summed E-state index contributed by atoms with van der Waals surface area (Å²) in [5, 5.41) is 19.0. The molecule has 0 aromatic heterocycles. The maximum absolute atomic E-state index is 11.7. The van der Waals surface area contributed by atoms with Crippen LogP contribution in [0.5, 0.6) is 0 Å². The first kappa shape index (κ1) is 14.4. The quantitative estimate of drug-likeness (QED) is 0.887. The van der Waals surface area contributed by atoms with Gasteiger partial charge in [0.2, 0.25) is 0 Å². The lowest BCUT2D eigenvalue weighted by Gasteiger charge is -2.35. The Bertz CT molecular complexity index is 611. The van der Waals surface area contributed by atoms with Gasteiger partial charge < -0.3 is 10.0 Å². The summed E-state index contributed by atoms with van der Waals surface area (Å²) >= 11 is 3.37. The number of fused-ring (bicyclic) bond motifs is 1. The second kappa shape index (κ2) is 5.69. The standard InChI is InChI=1S/C16H17BrN2O2/c17-12-5-6-14(11(7-12)9-18)19-13-4-2-1-3-10(13)8-15(19)16(20)21/h5-7,10,13,15H,1-4,8H2,(H,20,21). The zero-order valence-electron chi connectivity index (χ0n) is 11.6. The molecule has 5 heteroatoms. The van der Waals surface area contributed by atoms with Crippen LogP contribution in [0, 0.1) is 17.2 Å². The van der Waals surface area contributed by atoms with Crippen LogP contribution >= 0.6 is 15.9 Å². The monoisotopic (exact) mass is 348 g/mol. The third kappa shape index (κ3) is 2.53. The van der Waals surface area contributed by atoms with Gasteiger partial charge in [-0.2, -0.15) is 5.26 Å². The second-order valence-corrected chi connectivity index (χ2v) is 6.80. The molecule has 1 aliphatic carbocycles. The number of hydrogen-bond acceptors (Lipinski definition) is 3. The maximum Gasteiger partial charge on any atom is 0.326 e. The molecule has 3 unspecified atom stereocenters. The highest BCUT2D eigenvalue weighted by molar-refractivity contribution is 9.10. The van der Waals surface area contributed by atoms with Gasteiger partial charge in [-0.3, -0.25) is 0 Å². The number of halogens is 1. The van der Waals surface area contributed by atoms with Crippen molar-refractivity contribution in [3.05, 3.63) is 28.2 Å². The number of anilines is 1. The normalized spacial score (nSPS) is 28.0. The highest BCUT2D eigenvalue weighted by atomic mass is 79.9. The Labute approximate surface area is 132 Å². The minimum Gasteiger partial charge on any atom is -0.480 e. The van der Waals surface area contributed by atoms with Crippen LogP contribution < -0.4 is 4.90 Å². The number of nitriles is 1. The number of rotatable bonds is 2. The summed E-state index contributed by atoms with van der Waals surface area (Å²) in [5.74, 6) is -0.341. The third-order valence-electron chi connectivity index (χ3n) is 4.73. The Hall–Kier alpha value is -1.54. The van der Waals surface area contributed by atoms with Crippen molar-refractivity contribution in [3.63, 3.8) is 0 Å². The molecule has 1 heterocycles. The molecule has 1 N–H and O–H groups in total. The Morgan fingerprint density at radius 2 is 2.14 bits per heavy atom. The summed E-state index contributed by atoms with van der Waals surface area (Å²) in [6.45, 7) is 0. The lowest BCUT2D eigenvalue weighted by molar-refractivity contribution is -0.138. The van der Waals surface area contributed by atoms with E-state index in [2.05, 4.69) is 22.0 Å². The number of benzene rings is 1. The minimum atomic E-state index is -0.781. The van der Waals surface area contributed by atoms with Crippen molar-refractivity contribution in [3.8, 4) is 6.07 Å². The lowest BCUT2D eigenvalue weighted by Crippen LogP contribution is -2.42. The molecule has 3 atom stereocenters. The Morgan fingerprint density at radius 1 is 1.38 bits per heavy atom. The molecule has 0 radical (unpaired) electrons. The van der Waals surface area contributed by atoms with E-state index in [1.54, 1.807) is 6.07 Å². The predicted molar refractivity (Wildman–Crippen MR) is 83.1 cm³/mol. The van der Waals surface area contributed by atoms with E-state index < -0.39 is 12.0 Å². The van der Waals surface area contributed by atoms with E-state index in [1.165, 1.54) is 6.42 Å². The molecular weight excluding hydrogens is 332 g/mol. The zero-order chi connectivity index (χ0) is 15.0. The van der Waals surface area contributed by atoms with Gasteiger partial charge in [0.15, 0.2) is 0 Å². The van der Waals surface area contributed by atoms with Crippen LogP contribution in [0.3, 0.4) is 0 Å². The van der Waals surface area contributed by atoms with Crippen molar-refractivity contribution in [2.24, 2.45) is 5.92 Å². The smallest absolute Gasteiger partial charge is 0.326 e. The van der Waals surface area contributed by atoms with Crippen LogP contribution in [0.15, 0.2) is 22.7 Å². The largest absolute Gasteiger partial charge is 0.480 e. The number of carboxylic acids is 1. The van der Waals surface area contributed by atoms with Crippen molar-refractivity contribution in [1.29, 1.82) is 5.26 Å². The van der Waals surface area contributed by atoms with E-state index in [0.717, 1.165) is 29.4 Å². The van der Waals surface area contributed by atoms with Crippen molar-refractivity contribution in [2.45, 2.75) is 44.2 Å². The van der Waals surface area contributed by atoms with E-state index in [-0.39, 0.29) is 6.04 Å². The second-order valence-electron chi connectivity index (χ2n) is 5.88. The first-order valence-electron chi connectivity index (χ1n) is 7.32. The molecule has 1 saturated carbocycles. The average Bonchev–Trinajstić information content (AvgIpc) is 2.86. The maximum atomic E-state index is 11.7. The Balaban J connectivity index is 2.05. The SMILES string of the molecule is N#Cc1cc(Br)ccc1N1C(C(=O)O)CC2CCCCC21. The van der Waals surface area contributed by atoms with Gasteiger partial charge in [-0.1, -0.05) is 28.8 Å². The number of aliphatic carboxylic acids is 1. The van der Waals surface area contributed by atoms with E-state index in [1.807, 2.05) is 17.0 Å². The molecule has 4 nitrogen and oxygen atoms in total. The summed E-state index contributed by atoms with van der Waals surface area (Å²) in [6, 6.07) is 7.47. The number of hydrogen-bond donors (Lipinski definition) is 1. The van der Waals surface area contributed by atoms with Crippen LogP contribution in [0.25, 0.3) is 0 Å². The minimum absolute atomic E-state index is 0.258. The highest BCUT2D eigenvalue weighted by Gasteiger charge is 2.45. The fourth-order valence-corrected chi connectivity index (χ4v) is 4.21. The van der Waals surface area contributed by atoms with Gasteiger partial charge >= 0.3 is 5.97 Å². The topological polar surface area (TPSA) is 64.3 Å².